The largest absolute Gasteiger partial charge is 0.338 e. The van der Waals surface area contributed by atoms with Crippen molar-refractivity contribution < 1.29 is 14.1 Å². The van der Waals surface area contributed by atoms with Gasteiger partial charge in [-0.1, -0.05) is 71.4 Å². The van der Waals surface area contributed by atoms with Gasteiger partial charge in [-0.3, -0.25) is 9.59 Å². The average Bonchev–Trinajstić information content (AvgIpc) is 3.49. The topological polar surface area (TPSA) is 88.3 Å². The van der Waals surface area contributed by atoms with Gasteiger partial charge in [0.15, 0.2) is 0 Å². The molecule has 1 unspecified atom stereocenters. The molecule has 7 heteroatoms. The number of aryl methyl sites for hydroxylation is 1. The number of rotatable bonds is 6. The van der Waals surface area contributed by atoms with Crippen LogP contribution in [0.1, 0.15) is 17.5 Å². The number of hydrogen-bond donors (Lipinski definition) is 1. The predicted octanol–water partition coefficient (Wildman–Crippen LogP) is 4.70. The second-order valence-electron chi connectivity index (χ2n) is 8.52. The van der Waals surface area contributed by atoms with E-state index in [1.54, 1.807) is 17.0 Å². The Balaban J connectivity index is 1.24. The minimum Gasteiger partial charge on any atom is -0.338 e. The molecule has 0 aliphatic carbocycles. The zero-order chi connectivity index (χ0) is 23.5. The first kappa shape index (κ1) is 21.6. The lowest BCUT2D eigenvalue weighted by molar-refractivity contribution is -0.128. The Bertz CT molecular complexity index is 1320. The van der Waals surface area contributed by atoms with Crippen molar-refractivity contribution in [2.24, 2.45) is 5.92 Å². The first-order valence-corrected chi connectivity index (χ1v) is 11.2. The number of nitrogens with one attached hydrogen (secondary N) is 1. The van der Waals surface area contributed by atoms with Crippen molar-refractivity contribution in [1.82, 2.24) is 15.0 Å². The fraction of sp³-hybridized carbons (Fsp3) is 0.185. The van der Waals surface area contributed by atoms with Crippen LogP contribution in [0.25, 0.3) is 22.8 Å². The highest BCUT2D eigenvalue weighted by Gasteiger charge is 2.34. The molecule has 2 amide bonds. The number of amides is 2. The molecule has 1 atom stereocenters. The van der Waals surface area contributed by atoms with E-state index in [1.807, 2.05) is 73.7 Å². The Kier molecular flexibility index (Phi) is 5.91. The molecule has 4 aromatic rings. The van der Waals surface area contributed by atoms with Crippen LogP contribution in [0, 0.1) is 12.8 Å². The summed E-state index contributed by atoms with van der Waals surface area (Å²) in [6, 6.07) is 24.9. The van der Waals surface area contributed by atoms with Gasteiger partial charge in [-0.25, -0.2) is 0 Å². The number of aromatic nitrogens is 2. The highest BCUT2D eigenvalue weighted by atomic mass is 16.5. The molecule has 1 fully saturated rings. The summed E-state index contributed by atoms with van der Waals surface area (Å²) in [7, 11) is 0. The molecular formula is C27H24N4O3. The Labute approximate surface area is 197 Å². The second kappa shape index (κ2) is 9.31. The van der Waals surface area contributed by atoms with Gasteiger partial charge in [-0.2, -0.15) is 4.98 Å². The summed E-state index contributed by atoms with van der Waals surface area (Å²) >= 11 is 0. The summed E-state index contributed by atoms with van der Waals surface area (Å²) in [6.45, 7) is 2.95. The molecular weight excluding hydrogens is 428 g/mol. The van der Waals surface area contributed by atoms with Crippen LogP contribution in [0.4, 0.5) is 5.69 Å². The fourth-order valence-corrected chi connectivity index (χ4v) is 4.03. The Hall–Kier alpha value is -4.26. The van der Waals surface area contributed by atoms with Gasteiger partial charge in [0.05, 0.1) is 5.92 Å². The molecule has 1 saturated heterocycles. The SMILES string of the molecule is Cc1ccc(CN2CC(C(=O)Nc3cccc(-c4nc(-c5ccccc5)no4)c3)CC2=O)cc1. The third-order valence-electron chi connectivity index (χ3n) is 5.91. The first-order chi connectivity index (χ1) is 16.5. The maximum atomic E-state index is 12.9. The minimum absolute atomic E-state index is 0.00576. The van der Waals surface area contributed by atoms with Crippen LogP contribution < -0.4 is 5.32 Å². The summed E-state index contributed by atoms with van der Waals surface area (Å²) in [5.74, 6) is 0.300. The van der Waals surface area contributed by atoms with Crippen molar-refractivity contribution in [2.75, 3.05) is 11.9 Å². The second-order valence-corrected chi connectivity index (χ2v) is 8.52. The summed E-state index contributed by atoms with van der Waals surface area (Å²) < 4.78 is 5.43. The molecule has 0 spiro atoms. The number of benzene rings is 3. The standard InChI is InChI=1S/C27H24N4O3/c1-18-10-12-19(13-11-18)16-31-17-22(15-24(31)32)26(33)28-23-9-5-8-21(14-23)27-29-25(30-34-27)20-6-3-2-4-7-20/h2-14,22H,15-17H2,1H3,(H,28,33). The summed E-state index contributed by atoms with van der Waals surface area (Å²) in [4.78, 5) is 31.6. The van der Waals surface area contributed by atoms with Crippen LogP contribution in [-0.4, -0.2) is 33.4 Å². The van der Waals surface area contributed by atoms with E-state index in [2.05, 4.69) is 15.5 Å². The molecule has 1 N–H and O–H groups in total. The van der Waals surface area contributed by atoms with E-state index >= 15 is 0 Å². The van der Waals surface area contributed by atoms with Gasteiger partial charge >= 0.3 is 0 Å². The van der Waals surface area contributed by atoms with Crippen molar-refractivity contribution in [1.29, 1.82) is 0 Å². The molecule has 1 aromatic heterocycles. The molecule has 0 bridgehead atoms. The van der Waals surface area contributed by atoms with Gasteiger partial charge in [-0.05, 0) is 30.7 Å². The number of likely N-dealkylation sites (tertiary alicyclic amines) is 1. The van der Waals surface area contributed by atoms with E-state index in [1.165, 1.54) is 5.56 Å². The van der Waals surface area contributed by atoms with Crippen molar-refractivity contribution in [3.8, 4) is 22.8 Å². The number of carbonyl (C=O) groups excluding carboxylic acids is 2. The molecule has 5 rings (SSSR count). The average molecular weight is 453 g/mol. The van der Waals surface area contributed by atoms with Gasteiger partial charge in [0.2, 0.25) is 17.6 Å². The zero-order valence-corrected chi connectivity index (χ0v) is 18.8. The van der Waals surface area contributed by atoms with Gasteiger partial charge in [-0.15, -0.1) is 0 Å². The third-order valence-corrected chi connectivity index (χ3v) is 5.91. The summed E-state index contributed by atoms with van der Waals surface area (Å²) in [5, 5.41) is 6.99. The van der Waals surface area contributed by atoms with Crippen molar-refractivity contribution >= 4 is 17.5 Å². The predicted molar refractivity (Wildman–Crippen MR) is 129 cm³/mol. The lowest BCUT2D eigenvalue weighted by atomic mass is 10.1. The number of hydrogen-bond acceptors (Lipinski definition) is 5. The third kappa shape index (κ3) is 4.73. The Morgan fingerprint density at radius 1 is 1.03 bits per heavy atom. The lowest BCUT2D eigenvalue weighted by Crippen LogP contribution is -2.28. The van der Waals surface area contributed by atoms with Crippen LogP contribution in [0.15, 0.2) is 83.4 Å². The molecule has 2 heterocycles. The van der Waals surface area contributed by atoms with E-state index in [4.69, 9.17) is 4.52 Å². The first-order valence-electron chi connectivity index (χ1n) is 11.2. The van der Waals surface area contributed by atoms with E-state index in [9.17, 15) is 9.59 Å². The van der Waals surface area contributed by atoms with E-state index < -0.39 is 5.92 Å². The van der Waals surface area contributed by atoms with Crippen molar-refractivity contribution in [2.45, 2.75) is 19.9 Å². The quantitative estimate of drug-likeness (QED) is 0.458. The zero-order valence-electron chi connectivity index (χ0n) is 18.8. The van der Waals surface area contributed by atoms with E-state index in [-0.39, 0.29) is 18.2 Å². The molecule has 3 aromatic carbocycles. The monoisotopic (exact) mass is 452 g/mol. The maximum Gasteiger partial charge on any atom is 0.258 e. The number of carbonyl (C=O) groups is 2. The Morgan fingerprint density at radius 2 is 1.79 bits per heavy atom. The van der Waals surface area contributed by atoms with Crippen molar-refractivity contribution in [3.63, 3.8) is 0 Å². The molecule has 1 aliphatic rings. The summed E-state index contributed by atoms with van der Waals surface area (Å²) in [5.41, 5.74) is 4.42. The van der Waals surface area contributed by atoms with Gasteiger partial charge in [0.25, 0.3) is 5.89 Å². The highest BCUT2D eigenvalue weighted by molar-refractivity contribution is 5.97. The summed E-state index contributed by atoms with van der Waals surface area (Å²) in [6.07, 6.45) is 0.210. The molecule has 0 radical (unpaired) electrons. The molecule has 1 aliphatic heterocycles. The van der Waals surface area contributed by atoms with Crippen molar-refractivity contribution in [3.05, 3.63) is 90.0 Å². The number of nitrogens with zero attached hydrogens (tertiary/aromatic N) is 3. The van der Waals surface area contributed by atoms with Crippen LogP contribution in [-0.2, 0) is 16.1 Å². The van der Waals surface area contributed by atoms with Crippen LogP contribution in [0.2, 0.25) is 0 Å². The molecule has 170 valence electrons. The van der Waals surface area contributed by atoms with Crippen LogP contribution in [0.3, 0.4) is 0 Å². The van der Waals surface area contributed by atoms with E-state index in [0.29, 0.717) is 36.1 Å². The van der Waals surface area contributed by atoms with Gasteiger partial charge in [0, 0.05) is 36.3 Å². The fourth-order valence-electron chi connectivity index (χ4n) is 4.03. The minimum atomic E-state index is -0.394. The van der Waals surface area contributed by atoms with Crippen LogP contribution in [0.5, 0.6) is 0 Å². The van der Waals surface area contributed by atoms with Gasteiger partial charge in [0.1, 0.15) is 0 Å². The van der Waals surface area contributed by atoms with Gasteiger partial charge < -0.3 is 14.7 Å². The smallest absolute Gasteiger partial charge is 0.258 e. The molecule has 0 saturated carbocycles. The van der Waals surface area contributed by atoms with Crippen LogP contribution >= 0.6 is 0 Å². The van der Waals surface area contributed by atoms with E-state index in [0.717, 1.165) is 11.1 Å². The molecule has 34 heavy (non-hydrogen) atoms. The normalized spacial score (nSPS) is 15.5. The highest BCUT2D eigenvalue weighted by Crippen LogP contribution is 2.26. The maximum absolute atomic E-state index is 12.9. The lowest BCUT2D eigenvalue weighted by Gasteiger charge is -2.17. The molecule has 7 nitrogen and oxygen atoms in total. The Morgan fingerprint density at radius 3 is 2.59 bits per heavy atom. The number of anilines is 1.